The van der Waals surface area contributed by atoms with Gasteiger partial charge in [0.1, 0.15) is 0 Å². The van der Waals surface area contributed by atoms with Gasteiger partial charge in [-0.2, -0.15) is 0 Å². The Hall–Kier alpha value is -0.600. The lowest BCUT2D eigenvalue weighted by Gasteiger charge is -1.96. The average molecular weight is 120 g/mol. The van der Waals surface area contributed by atoms with Crippen LogP contribution in [0.1, 0.15) is 19.8 Å². The number of carbonyl (C=O) groups is 1. The summed E-state index contributed by atoms with van der Waals surface area (Å²) in [5.41, 5.74) is 0. The van der Waals surface area contributed by atoms with E-state index in [4.69, 9.17) is 5.11 Å². The van der Waals surface area contributed by atoms with E-state index in [1.807, 2.05) is 0 Å². The molecular weight excluding hydrogens is 111 g/mol. The highest BCUT2D eigenvalue weighted by molar-refractivity contribution is 5.71. The second-order valence-electron chi connectivity index (χ2n) is 1.59. The van der Waals surface area contributed by atoms with Crippen LogP contribution in [0.2, 0.25) is 0 Å². The first-order valence-electron chi connectivity index (χ1n) is 2.55. The van der Waals surface area contributed by atoms with E-state index < -0.39 is 12.1 Å². The topological polar surface area (TPSA) is 37.3 Å². The van der Waals surface area contributed by atoms with Crippen LogP contribution in [0.4, 0.5) is 4.39 Å². The van der Waals surface area contributed by atoms with E-state index in [9.17, 15) is 9.18 Å². The number of hydrogen-bond acceptors (Lipinski definition) is 1. The fourth-order valence-corrected chi connectivity index (χ4v) is 0.377. The molecule has 0 aliphatic carbocycles. The van der Waals surface area contributed by atoms with Crippen LogP contribution in [0.25, 0.3) is 0 Å². The number of rotatable bonds is 3. The maximum absolute atomic E-state index is 11.9. The Kier molecular flexibility index (Phi) is 3.15. The third kappa shape index (κ3) is 2.55. The van der Waals surface area contributed by atoms with Gasteiger partial charge in [0.2, 0.25) is 0 Å². The van der Waals surface area contributed by atoms with E-state index in [1.54, 1.807) is 6.92 Å². The van der Waals surface area contributed by atoms with Crippen molar-refractivity contribution in [3.8, 4) is 0 Å². The molecule has 0 spiro atoms. The summed E-state index contributed by atoms with van der Waals surface area (Å²) in [6.07, 6.45) is -0.969. The van der Waals surface area contributed by atoms with Gasteiger partial charge in [0, 0.05) is 0 Å². The van der Waals surface area contributed by atoms with Crippen LogP contribution >= 0.6 is 0 Å². The van der Waals surface area contributed by atoms with Gasteiger partial charge < -0.3 is 5.11 Å². The van der Waals surface area contributed by atoms with Gasteiger partial charge in [-0.15, -0.1) is 0 Å². The molecule has 0 heterocycles. The van der Waals surface area contributed by atoms with Crippen molar-refractivity contribution >= 4 is 5.97 Å². The number of hydrogen-bond donors (Lipinski definition) is 1. The van der Waals surface area contributed by atoms with Gasteiger partial charge in [0.15, 0.2) is 6.17 Å². The Morgan fingerprint density at radius 1 is 1.88 bits per heavy atom. The Labute approximate surface area is 47.3 Å². The highest BCUT2D eigenvalue weighted by Gasteiger charge is 2.12. The number of carboxylic acid groups (broad SMARTS) is 1. The van der Waals surface area contributed by atoms with Gasteiger partial charge in [-0.1, -0.05) is 13.3 Å². The normalized spacial score (nSPS) is 13.2. The van der Waals surface area contributed by atoms with Crippen molar-refractivity contribution < 1.29 is 14.3 Å². The summed E-state index contributed by atoms with van der Waals surface area (Å²) in [6.45, 7) is 1.75. The SMILES string of the molecule is CCC[C@H](F)C(=O)O. The summed E-state index contributed by atoms with van der Waals surface area (Å²) in [6, 6.07) is 0. The number of aliphatic carboxylic acids is 1. The average Bonchev–Trinajstić information content (AvgIpc) is 1.67. The zero-order chi connectivity index (χ0) is 6.57. The maximum Gasteiger partial charge on any atom is 0.338 e. The summed E-state index contributed by atoms with van der Waals surface area (Å²) < 4.78 is 11.9. The fraction of sp³-hybridized carbons (Fsp3) is 0.800. The van der Waals surface area contributed by atoms with E-state index in [0.29, 0.717) is 6.42 Å². The lowest BCUT2D eigenvalue weighted by molar-refractivity contribution is -0.143. The van der Waals surface area contributed by atoms with Crippen LogP contribution < -0.4 is 0 Å². The zero-order valence-corrected chi connectivity index (χ0v) is 4.72. The molecule has 0 aromatic carbocycles. The standard InChI is InChI=1S/C5H9FO2/c1-2-3-4(6)5(7)8/h4H,2-3H2,1H3,(H,7,8)/t4-/m0/s1. The highest BCUT2D eigenvalue weighted by Crippen LogP contribution is 1.99. The molecule has 0 aromatic rings. The third-order valence-corrected chi connectivity index (χ3v) is 0.810. The monoisotopic (exact) mass is 120 g/mol. The molecule has 0 fully saturated rings. The first-order valence-corrected chi connectivity index (χ1v) is 2.55. The molecule has 0 aliphatic rings. The van der Waals surface area contributed by atoms with E-state index >= 15 is 0 Å². The Morgan fingerprint density at radius 2 is 2.38 bits per heavy atom. The van der Waals surface area contributed by atoms with Crippen molar-refractivity contribution in [1.82, 2.24) is 0 Å². The van der Waals surface area contributed by atoms with E-state index in [2.05, 4.69) is 0 Å². The molecule has 0 bridgehead atoms. The first kappa shape index (κ1) is 7.40. The highest BCUT2D eigenvalue weighted by atomic mass is 19.1. The molecule has 0 saturated heterocycles. The molecule has 3 heteroatoms. The van der Waals surface area contributed by atoms with Crippen molar-refractivity contribution in [3.63, 3.8) is 0 Å². The van der Waals surface area contributed by atoms with Crippen LogP contribution in [0.3, 0.4) is 0 Å². The Morgan fingerprint density at radius 3 is 2.50 bits per heavy atom. The van der Waals surface area contributed by atoms with Crippen LogP contribution in [0, 0.1) is 0 Å². The van der Waals surface area contributed by atoms with Gasteiger partial charge in [-0.25, -0.2) is 9.18 Å². The third-order valence-electron chi connectivity index (χ3n) is 0.810. The summed E-state index contributed by atoms with van der Waals surface area (Å²) in [4.78, 5) is 9.71. The van der Waals surface area contributed by atoms with Crippen molar-refractivity contribution in [1.29, 1.82) is 0 Å². The van der Waals surface area contributed by atoms with Crippen LogP contribution in [-0.2, 0) is 4.79 Å². The predicted octanol–water partition coefficient (Wildman–Crippen LogP) is 1.21. The summed E-state index contributed by atoms with van der Waals surface area (Å²) in [7, 11) is 0. The van der Waals surface area contributed by atoms with Crippen molar-refractivity contribution in [2.24, 2.45) is 0 Å². The van der Waals surface area contributed by atoms with Crippen LogP contribution in [0.15, 0.2) is 0 Å². The molecular formula is C5H9FO2. The summed E-state index contributed by atoms with van der Waals surface area (Å²) in [5.74, 6) is -1.35. The molecule has 0 unspecified atom stereocenters. The second kappa shape index (κ2) is 3.41. The van der Waals surface area contributed by atoms with Gasteiger partial charge in [0.25, 0.3) is 0 Å². The Bertz CT molecular complexity index is 82.5. The van der Waals surface area contributed by atoms with Crippen molar-refractivity contribution in [3.05, 3.63) is 0 Å². The lowest BCUT2D eigenvalue weighted by Crippen LogP contribution is -2.13. The molecule has 1 N–H and O–H groups in total. The minimum absolute atomic E-state index is 0.120. The minimum Gasteiger partial charge on any atom is -0.479 e. The quantitative estimate of drug-likeness (QED) is 0.607. The smallest absolute Gasteiger partial charge is 0.338 e. The van der Waals surface area contributed by atoms with Crippen LogP contribution in [-0.4, -0.2) is 17.2 Å². The molecule has 0 aliphatic heterocycles. The summed E-state index contributed by atoms with van der Waals surface area (Å²) in [5, 5.41) is 7.94. The molecule has 48 valence electrons. The molecule has 0 rings (SSSR count). The van der Waals surface area contributed by atoms with Crippen LogP contribution in [0.5, 0.6) is 0 Å². The molecule has 8 heavy (non-hydrogen) atoms. The Balaban J connectivity index is 3.32. The largest absolute Gasteiger partial charge is 0.479 e. The number of halogens is 1. The molecule has 0 radical (unpaired) electrons. The zero-order valence-electron chi connectivity index (χ0n) is 4.72. The molecule has 2 nitrogen and oxygen atoms in total. The molecule has 1 atom stereocenters. The molecule has 0 saturated carbocycles. The van der Waals surface area contributed by atoms with Gasteiger partial charge in [-0.3, -0.25) is 0 Å². The van der Waals surface area contributed by atoms with E-state index in [1.165, 1.54) is 0 Å². The maximum atomic E-state index is 11.9. The predicted molar refractivity (Wildman–Crippen MR) is 27.4 cm³/mol. The van der Waals surface area contributed by atoms with Crippen molar-refractivity contribution in [2.45, 2.75) is 25.9 Å². The van der Waals surface area contributed by atoms with Gasteiger partial charge in [-0.05, 0) is 6.42 Å². The van der Waals surface area contributed by atoms with Crippen molar-refractivity contribution in [2.75, 3.05) is 0 Å². The lowest BCUT2D eigenvalue weighted by atomic mass is 10.2. The first-order chi connectivity index (χ1) is 3.68. The minimum atomic E-state index is -1.67. The van der Waals surface area contributed by atoms with E-state index in [-0.39, 0.29) is 6.42 Å². The molecule has 0 aromatic heterocycles. The summed E-state index contributed by atoms with van der Waals surface area (Å²) >= 11 is 0. The van der Waals surface area contributed by atoms with Gasteiger partial charge in [0.05, 0.1) is 0 Å². The molecule has 0 amide bonds. The fourth-order valence-electron chi connectivity index (χ4n) is 0.377. The van der Waals surface area contributed by atoms with E-state index in [0.717, 1.165) is 0 Å². The number of carboxylic acids is 1. The van der Waals surface area contributed by atoms with Gasteiger partial charge >= 0.3 is 5.97 Å². The number of alkyl halides is 1. The second-order valence-corrected chi connectivity index (χ2v) is 1.59.